The zero-order valence-corrected chi connectivity index (χ0v) is 16.1. The predicted molar refractivity (Wildman–Crippen MR) is 106 cm³/mol. The van der Waals surface area contributed by atoms with Crippen LogP contribution in [-0.2, 0) is 9.53 Å². The molecule has 0 amide bonds. The van der Waals surface area contributed by atoms with Gasteiger partial charge < -0.3 is 13.9 Å². The molecule has 4 rings (SSSR count). The third-order valence-electron chi connectivity index (χ3n) is 5.14. The lowest BCUT2D eigenvalue weighted by Crippen LogP contribution is -2.32. The second kappa shape index (κ2) is 7.15. The van der Waals surface area contributed by atoms with E-state index in [9.17, 15) is 9.59 Å². The maximum atomic E-state index is 12.8. The summed E-state index contributed by atoms with van der Waals surface area (Å²) in [5, 5.41) is 0.674. The Bertz CT molecular complexity index is 1080. The number of rotatable bonds is 4. The van der Waals surface area contributed by atoms with Crippen LogP contribution in [-0.4, -0.2) is 18.7 Å². The van der Waals surface area contributed by atoms with E-state index in [1.54, 1.807) is 19.1 Å². The van der Waals surface area contributed by atoms with Gasteiger partial charge in [-0.1, -0.05) is 50.2 Å². The first-order valence-electron chi connectivity index (χ1n) is 9.50. The van der Waals surface area contributed by atoms with Crippen LogP contribution in [0.1, 0.15) is 49.3 Å². The van der Waals surface area contributed by atoms with Crippen LogP contribution in [0.25, 0.3) is 11.0 Å². The van der Waals surface area contributed by atoms with Gasteiger partial charge in [0.2, 0.25) is 6.10 Å². The molecular weight excluding hydrogens is 356 g/mol. The number of hydrogen-bond acceptors (Lipinski definition) is 5. The van der Waals surface area contributed by atoms with Gasteiger partial charge in [-0.25, -0.2) is 9.59 Å². The average Bonchev–Trinajstić information content (AvgIpc) is 3.10. The highest BCUT2D eigenvalue weighted by Gasteiger charge is 2.45. The number of hydrogen-bond donors (Lipinski definition) is 0. The number of esters is 1. The van der Waals surface area contributed by atoms with E-state index in [2.05, 4.69) is 13.8 Å². The van der Waals surface area contributed by atoms with Crippen molar-refractivity contribution in [2.45, 2.75) is 38.7 Å². The van der Waals surface area contributed by atoms with E-state index in [1.165, 1.54) is 5.56 Å². The Morgan fingerprint density at radius 3 is 2.50 bits per heavy atom. The molecule has 1 aliphatic heterocycles. The van der Waals surface area contributed by atoms with Gasteiger partial charge >= 0.3 is 11.6 Å². The van der Waals surface area contributed by atoms with Crippen molar-refractivity contribution in [1.29, 1.82) is 0 Å². The number of fused-ring (bicyclic) bond motifs is 3. The SMILES string of the molecule is CCOC(=O)[C@H]1Oc2c(c(=O)oc3ccccc23)[C@H]1c1ccc(C(C)C)cc1. The van der Waals surface area contributed by atoms with Crippen molar-refractivity contribution in [2.24, 2.45) is 0 Å². The molecule has 2 heterocycles. The molecule has 144 valence electrons. The van der Waals surface area contributed by atoms with Crippen molar-refractivity contribution in [3.8, 4) is 5.75 Å². The smallest absolute Gasteiger partial charge is 0.348 e. The van der Waals surface area contributed by atoms with Crippen LogP contribution in [0.4, 0.5) is 0 Å². The molecule has 3 aromatic rings. The topological polar surface area (TPSA) is 65.7 Å². The van der Waals surface area contributed by atoms with Gasteiger partial charge in [0.25, 0.3) is 0 Å². The minimum atomic E-state index is -0.923. The van der Waals surface area contributed by atoms with Gasteiger partial charge in [0, 0.05) is 0 Å². The van der Waals surface area contributed by atoms with Crippen molar-refractivity contribution in [3.05, 3.63) is 75.6 Å². The summed E-state index contributed by atoms with van der Waals surface area (Å²) in [6, 6.07) is 15.1. The predicted octanol–water partition coefficient (Wildman–Crippen LogP) is 4.37. The summed E-state index contributed by atoms with van der Waals surface area (Å²) in [4.78, 5) is 25.5. The first-order chi connectivity index (χ1) is 13.5. The molecule has 5 heteroatoms. The van der Waals surface area contributed by atoms with Crippen LogP contribution < -0.4 is 10.4 Å². The minimum absolute atomic E-state index is 0.239. The molecule has 0 N–H and O–H groups in total. The van der Waals surface area contributed by atoms with E-state index >= 15 is 0 Å². The highest BCUT2D eigenvalue weighted by molar-refractivity contribution is 5.88. The van der Waals surface area contributed by atoms with Gasteiger partial charge in [0.1, 0.15) is 11.3 Å². The molecule has 2 aromatic carbocycles. The van der Waals surface area contributed by atoms with E-state index in [-0.39, 0.29) is 6.61 Å². The normalized spacial score (nSPS) is 18.1. The molecule has 0 saturated heterocycles. The largest absolute Gasteiger partial charge is 0.476 e. The summed E-state index contributed by atoms with van der Waals surface area (Å²) in [6.45, 7) is 6.22. The number of benzene rings is 2. The molecule has 1 aromatic heterocycles. The lowest BCUT2D eigenvalue weighted by Gasteiger charge is -2.18. The number of carbonyl (C=O) groups is 1. The van der Waals surface area contributed by atoms with Crippen molar-refractivity contribution < 1.29 is 18.7 Å². The van der Waals surface area contributed by atoms with Crippen molar-refractivity contribution in [1.82, 2.24) is 0 Å². The van der Waals surface area contributed by atoms with Crippen LogP contribution in [0.3, 0.4) is 0 Å². The highest BCUT2D eigenvalue weighted by atomic mass is 16.6. The molecule has 0 saturated carbocycles. The summed E-state index contributed by atoms with van der Waals surface area (Å²) in [7, 11) is 0. The van der Waals surface area contributed by atoms with Crippen LogP contribution in [0.2, 0.25) is 0 Å². The Labute approximate surface area is 162 Å². The molecular formula is C23H22O5. The van der Waals surface area contributed by atoms with E-state index in [0.717, 1.165) is 5.56 Å². The molecule has 0 unspecified atom stereocenters. The van der Waals surface area contributed by atoms with E-state index in [4.69, 9.17) is 13.9 Å². The second-order valence-corrected chi connectivity index (χ2v) is 7.22. The molecule has 1 aliphatic rings. The van der Waals surface area contributed by atoms with E-state index in [1.807, 2.05) is 36.4 Å². The molecule has 0 fully saturated rings. The van der Waals surface area contributed by atoms with Crippen molar-refractivity contribution in [2.75, 3.05) is 6.61 Å². The number of para-hydroxylation sites is 1. The summed E-state index contributed by atoms with van der Waals surface area (Å²) in [5.74, 6) is -0.268. The Balaban J connectivity index is 1.90. The highest BCUT2D eigenvalue weighted by Crippen LogP contribution is 2.44. The van der Waals surface area contributed by atoms with Crippen LogP contribution in [0, 0.1) is 0 Å². The first kappa shape index (κ1) is 18.3. The monoisotopic (exact) mass is 378 g/mol. The molecule has 28 heavy (non-hydrogen) atoms. The fourth-order valence-corrected chi connectivity index (χ4v) is 3.72. The molecule has 0 bridgehead atoms. The van der Waals surface area contributed by atoms with Gasteiger partial charge in [0.05, 0.1) is 23.5 Å². The minimum Gasteiger partial charge on any atom is -0.476 e. The summed E-state index contributed by atoms with van der Waals surface area (Å²) in [5.41, 5.74) is 2.32. The molecule has 0 radical (unpaired) electrons. The maximum absolute atomic E-state index is 12.8. The summed E-state index contributed by atoms with van der Waals surface area (Å²) >= 11 is 0. The first-order valence-corrected chi connectivity index (χ1v) is 9.50. The molecule has 0 spiro atoms. The number of carbonyl (C=O) groups excluding carboxylic acids is 1. The average molecular weight is 378 g/mol. The van der Waals surface area contributed by atoms with Crippen LogP contribution in [0.15, 0.2) is 57.7 Å². The Hall–Kier alpha value is -3.08. The second-order valence-electron chi connectivity index (χ2n) is 7.22. The lowest BCUT2D eigenvalue weighted by molar-refractivity contribution is -0.151. The van der Waals surface area contributed by atoms with Crippen LogP contribution in [0.5, 0.6) is 5.75 Å². The maximum Gasteiger partial charge on any atom is 0.348 e. The van der Waals surface area contributed by atoms with Gasteiger partial charge in [0.15, 0.2) is 0 Å². The quantitative estimate of drug-likeness (QED) is 0.498. The molecule has 2 atom stereocenters. The summed E-state index contributed by atoms with van der Waals surface area (Å²) < 4.78 is 16.8. The van der Waals surface area contributed by atoms with E-state index < -0.39 is 23.6 Å². The van der Waals surface area contributed by atoms with Crippen LogP contribution >= 0.6 is 0 Å². The van der Waals surface area contributed by atoms with Gasteiger partial charge in [-0.3, -0.25) is 0 Å². The van der Waals surface area contributed by atoms with Crippen molar-refractivity contribution in [3.63, 3.8) is 0 Å². The fourth-order valence-electron chi connectivity index (χ4n) is 3.72. The Kier molecular flexibility index (Phi) is 4.67. The third kappa shape index (κ3) is 2.97. The van der Waals surface area contributed by atoms with Gasteiger partial charge in [-0.2, -0.15) is 0 Å². The Morgan fingerprint density at radius 1 is 1.11 bits per heavy atom. The van der Waals surface area contributed by atoms with Gasteiger partial charge in [-0.05, 0) is 36.1 Å². The lowest BCUT2D eigenvalue weighted by atomic mass is 9.87. The number of ether oxygens (including phenoxy) is 2. The standard InChI is InChI=1S/C23H22O5/c1-4-26-23(25)21-18(15-11-9-14(10-12-15)13(2)3)19-20(28-21)16-7-5-6-8-17(16)27-22(19)24/h5-13,18,21H,4H2,1-3H3/t18-,21+/m1/s1. The Morgan fingerprint density at radius 2 is 1.82 bits per heavy atom. The molecule has 5 nitrogen and oxygen atoms in total. The van der Waals surface area contributed by atoms with Gasteiger partial charge in [-0.15, -0.1) is 0 Å². The van der Waals surface area contributed by atoms with Crippen molar-refractivity contribution >= 4 is 16.9 Å². The van der Waals surface area contributed by atoms with E-state index in [0.29, 0.717) is 28.2 Å². The zero-order chi connectivity index (χ0) is 19.8. The fraction of sp³-hybridized carbons (Fsp3) is 0.304. The third-order valence-corrected chi connectivity index (χ3v) is 5.14. The zero-order valence-electron chi connectivity index (χ0n) is 16.1. The summed E-state index contributed by atoms with van der Waals surface area (Å²) in [6.07, 6.45) is -0.923. The molecule has 0 aliphatic carbocycles.